The van der Waals surface area contributed by atoms with E-state index in [-0.39, 0.29) is 12.1 Å². The highest BCUT2D eigenvalue weighted by Crippen LogP contribution is 2.18. The molecule has 0 saturated carbocycles. The second-order valence-corrected chi connectivity index (χ2v) is 7.10. The van der Waals surface area contributed by atoms with Gasteiger partial charge in [-0.3, -0.25) is 0 Å². The monoisotopic (exact) mass is 271 g/mol. The number of hydrogen-bond donors (Lipinski definition) is 1. The molecule has 0 radical (unpaired) electrons. The van der Waals surface area contributed by atoms with Crippen molar-refractivity contribution < 1.29 is 9.53 Å². The first-order chi connectivity index (χ1) is 8.64. The lowest BCUT2D eigenvalue weighted by Gasteiger charge is -2.26. The molecular formula is C16H33NO2. The van der Waals surface area contributed by atoms with Gasteiger partial charge in [-0.05, 0) is 45.4 Å². The average molecular weight is 271 g/mol. The van der Waals surface area contributed by atoms with Gasteiger partial charge in [-0.2, -0.15) is 0 Å². The predicted octanol–water partition coefficient (Wildman–Crippen LogP) is 4.75. The number of carbonyl (C=O) groups is 1. The lowest BCUT2D eigenvalue weighted by molar-refractivity contribution is 0.0491. The molecule has 0 bridgehead atoms. The highest BCUT2D eigenvalue weighted by molar-refractivity contribution is 5.68. The van der Waals surface area contributed by atoms with Crippen LogP contribution in [0, 0.1) is 11.8 Å². The maximum Gasteiger partial charge on any atom is 0.407 e. The van der Waals surface area contributed by atoms with Gasteiger partial charge in [-0.25, -0.2) is 4.79 Å². The number of amides is 1. The molecule has 0 aromatic carbocycles. The zero-order chi connectivity index (χ0) is 15.1. The number of rotatable bonds is 7. The molecule has 0 aromatic heterocycles. The first-order valence-corrected chi connectivity index (χ1v) is 7.63. The predicted molar refractivity (Wildman–Crippen MR) is 81.3 cm³/mol. The Bertz CT molecular complexity index is 256. The van der Waals surface area contributed by atoms with Crippen LogP contribution >= 0.6 is 0 Å². The molecule has 3 nitrogen and oxygen atoms in total. The van der Waals surface area contributed by atoms with Gasteiger partial charge >= 0.3 is 6.09 Å². The number of carbonyl (C=O) groups excluding carboxylic acids is 1. The van der Waals surface area contributed by atoms with Crippen molar-refractivity contribution in [1.82, 2.24) is 5.32 Å². The first kappa shape index (κ1) is 18.3. The third kappa shape index (κ3) is 10.8. The molecule has 19 heavy (non-hydrogen) atoms. The van der Waals surface area contributed by atoms with Crippen molar-refractivity contribution in [1.29, 1.82) is 0 Å². The summed E-state index contributed by atoms with van der Waals surface area (Å²) in [6, 6.07) is 0.219. The standard InChI is InChI=1S/C16H33NO2/c1-8-9-13(4)11-14(10-12(2)3)17-15(18)19-16(5,6)7/h12-14H,8-11H2,1-7H3,(H,17,18)/t13?,14-/m0/s1. The molecular weight excluding hydrogens is 238 g/mol. The molecule has 1 unspecified atom stereocenters. The van der Waals surface area contributed by atoms with Crippen molar-refractivity contribution in [3.63, 3.8) is 0 Å². The Kier molecular flexibility index (Phi) is 8.12. The Morgan fingerprint density at radius 2 is 1.74 bits per heavy atom. The van der Waals surface area contributed by atoms with Crippen LogP contribution in [0.25, 0.3) is 0 Å². The van der Waals surface area contributed by atoms with Gasteiger partial charge in [0, 0.05) is 6.04 Å². The maximum atomic E-state index is 11.9. The summed E-state index contributed by atoms with van der Waals surface area (Å²) in [4.78, 5) is 11.9. The summed E-state index contributed by atoms with van der Waals surface area (Å²) in [7, 11) is 0. The van der Waals surface area contributed by atoms with Gasteiger partial charge in [-0.1, -0.05) is 40.5 Å². The summed E-state index contributed by atoms with van der Waals surface area (Å²) >= 11 is 0. The van der Waals surface area contributed by atoms with Crippen LogP contribution in [0.1, 0.15) is 74.1 Å². The molecule has 1 N–H and O–H groups in total. The van der Waals surface area contributed by atoms with E-state index >= 15 is 0 Å². The van der Waals surface area contributed by atoms with Crippen LogP contribution in [0.3, 0.4) is 0 Å². The highest BCUT2D eigenvalue weighted by atomic mass is 16.6. The van der Waals surface area contributed by atoms with Crippen LogP contribution in [0.2, 0.25) is 0 Å². The first-order valence-electron chi connectivity index (χ1n) is 7.63. The lowest BCUT2D eigenvalue weighted by atomic mass is 9.92. The van der Waals surface area contributed by atoms with Crippen molar-refractivity contribution in [2.24, 2.45) is 11.8 Å². The van der Waals surface area contributed by atoms with Crippen LogP contribution < -0.4 is 5.32 Å². The Hall–Kier alpha value is -0.730. The van der Waals surface area contributed by atoms with Crippen molar-refractivity contribution in [2.45, 2.75) is 85.8 Å². The van der Waals surface area contributed by atoms with E-state index in [4.69, 9.17) is 4.74 Å². The summed E-state index contributed by atoms with van der Waals surface area (Å²) < 4.78 is 5.34. The largest absolute Gasteiger partial charge is 0.444 e. The minimum atomic E-state index is -0.429. The second-order valence-electron chi connectivity index (χ2n) is 7.10. The summed E-state index contributed by atoms with van der Waals surface area (Å²) in [6.45, 7) is 14.5. The minimum absolute atomic E-state index is 0.219. The molecule has 0 fully saturated rings. The van der Waals surface area contributed by atoms with Gasteiger partial charge in [0.05, 0.1) is 0 Å². The molecule has 0 aliphatic heterocycles. The van der Waals surface area contributed by atoms with E-state index in [0.717, 1.165) is 12.8 Å². The molecule has 0 spiro atoms. The van der Waals surface area contributed by atoms with Crippen LogP contribution in [0.15, 0.2) is 0 Å². The SMILES string of the molecule is CCCC(C)C[C@H](CC(C)C)NC(=O)OC(C)(C)C. The van der Waals surface area contributed by atoms with E-state index < -0.39 is 5.60 Å². The molecule has 0 rings (SSSR count). The molecule has 0 heterocycles. The number of ether oxygens (including phenoxy) is 1. The maximum absolute atomic E-state index is 11.9. The van der Waals surface area contributed by atoms with Crippen molar-refractivity contribution in [3.8, 4) is 0 Å². The topological polar surface area (TPSA) is 38.3 Å². The molecule has 0 saturated heterocycles. The molecule has 2 atom stereocenters. The molecule has 0 aliphatic carbocycles. The fourth-order valence-electron chi connectivity index (χ4n) is 2.35. The summed E-state index contributed by atoms with van der Waals surface area (Å²) in [5.41, 5.74) is -0.429. The van der Waals surface area contributed by atoms with Crippen LogP contribution in [0.4, 0.5) is 4.79 Å². The second kappa shape index (κ2) is 8.44. The van der Waals surface area contributed by atoms with Crippen LogP contribution in [-0.4, -0.2) is 17.7 Å². The van der Waals surface area contributed by atoms with Gasteiger partial charge in [-0.15, -0.1) is 0 Å². The van der Waals surface area contributed by atoms with E-state index in [9.17, 15) is 4.79 Å². The number of nitrogens with one attached hydrogen (secondary N) is 1. The van der Waals surface area contributed by atoms with Gasteiger partial charge in [0.2, 0.25) is 0 Å². The Morgan fingerprint density at radius 3 is 2.16 bits per heavy atom. The Labute approximate surface area is 119 Å². The molecule has 3 heteroatoms. The highest BCUT2D eigenvalue weighted by Gasteiger charge is 2.21. The fraction of sp³-hybridized carbons (Fsp3) is 0.938. The smallest absolute Gasteiger partial charge is 0.407 e. The quantitative estimate of drug-likeness (QED) is 0.725. The Morgan fingerprint density at radius 1 is 1.16 bits per heavy atom. The number of hydrogen-bond acceptors (Lipinski definition) is 2. The minimum Gasteiger partial charge on any atom is -0.444 e. The van der Waals surface area contributed by atoms with E-state index in [2.05, 4.69) is 33.0 Å². The molecule has 1 amide bonds. The van der Waals surface area contributed by atoms with E-state index in [1.165, 1.54) is 12.8 Å². The summed E-state index contributed by atoms with van der Waals surface area (Å²) in [5.74, 6) is 1.22. The summed E-state index contributed by atoms with van der Waals surface area (Å²) in [5, 5.41) is 3.03. The van der Waals surface area contributed by atoms with Gasteiger partial charge in [0.15, 0.2) is 0 Å². The number of alkyl carbamates (subject to hydrolysis) is 1. The van der Waals surface area contributed by atoms with Crippen LogP contribution in [0.5, 0.6) is 0 Å². The van der Waals surface area contributed by atoms with E-state index in [0.29, 0.717) is 11.8 Å². The van der Waals surface area contributed by atoms with E-state index in [1.807, 2.05) is 20.8 Å². The normalized spacial score (nSPS) is 15.2. The van der Waals surface area contributed by atoms with Crippen LogP contribution in [-0.2, 0) is 4.74 Å². The molecule has 114 valence electrons. The molecule has 0 aromatic rings. The van der Waals surface area contributed by atoms with Gasteiger partial charge in [0.1, 0.15) is 5.60 Å². The average Bonchev–Trinajstić information content (AvgIpc) is 2.12. The molecule has 0 aliphatic rings. The van der Waals surface area contributed by atoms with Crippen molar-refractivity contribution >= 4 is 6.09 Å². The third-order valence-corrected chi connectivity index (χ3v) is 2.95. The summed E-state index contributed by atoms with van der Waals surface area (Å²) in [6.07, 6.45) is 4.16. The van der Waals surface area contributed by atoms with E-state index in [1.54, 1.807) is 0 Å². The third-order valence-electron chi connectivity index (χ3n) is 2.95. The zero-order valence-electron chi connectivity index (χ0n) is 13.9. The van der Waals surface area contributed by atoms with Gasteiger partial charge < -0.3 is 10.1 Å². The van der Waals surface area contributed by atoms with Gasteiger partial charge in [0.25, 0.3) is 0 Å². The van der Waals surface area contributed by atoms with Crippen molar-refractivity contribution in [2.75, 3.05) is 0 Å². The van der Waals surface area contributed by atoms with Crippen molar-refractivity contribution in [3.05, 3.63) is 0 Å². The zero-order valence-corrected chi connectivity index (χ0v) is 13.9. The Balaban J connectivity index is 4.38. The fourth-order valence-corrected chi connectivity index (χ4v) is 2.35. The lowest BCUT2D eigenvalue weighted by Crippen LogP contribution is -2.40.